The van der Waals surface area contributed by atoms with Gasteiger partial charge in [0.25, 0.3) is 0 Å². The summed E-state index contributed by atoms with van der Waals surface area (Å²) in [6, 6.07) is 2.45. The summed E-state index contributed by atoms with van der Waals surface area (Å²) in [4.78, 5) is 0. The van der Waals surface area contributed by atoms with Crippen LogP contribution in [0.4, 0.5) is 0 Å². The van der Waals surface area contributed by atoms with Gasteiger partial charge in [0.05, 0.1) is 0 Å². The van der Waals surface area contributed by atoms with Gasteiger partial charge >= 0.3 is 0 Å². The van der Waals surface area contributed by atoms with Gasteiger partial charge in [0.1, 0.15) is 0 Å². The van der Waals surface area contributed by atoms with Crippen molar-refractivity contribution in [2.75, 3.05) is 6.54 Å². The molecule has 3 unspecified atom stereocenters. The van der Waals surface area contributed by atoms with Crippen LogP contribution in [0.3, 0.4) is 0 Å². The van der Waals surface area contributed by atoms with Gasteiger partial charge in [0.2, 0.25) is 0 Å². The van der Waals surface area contributed by atoms with Crippen molar-refractivity contribution in [1.29, 1.82) is 0 Å². The minimum Gasteiger partial charge on any atom is -0.314 e. The first-order valence-corrected chi connectivity index (χ1v) is 9.86. The molecule has 3 fully saturated rings. The predicted molar refractivity (Wildman–Crippen MR) is 90.6 cm³/mol. The van der Waals surface area contributed by atoms with Crippen molar-refractivity contribution in [1.82, 2.24) is 10.6 Å². The van der Waals surface area contributed by atoms with Gasteiger partial charge in [-0.15, -0.1) is 0 Å². The van der Waals surface area contributed by atoms with E-state index in [1.807, 2.05) is 0 Å². The average molecular weight is 293 g/mol. The molecule has 0 radical (unpaired) electrons. The van der Waals surface area contributed by atoms with E-state index in [2.05, 4.69) is 17.6 Å². The molecule has 122 valence electrons. The van der Waals surface area contributed by atoms with Crippen LogP contribution < -0.4 is 10.6 Å². The summed E-state index contributed by atoms with van der Waals surface area (Å²) in [7, 11) is 0. The first-order chi connectivity index (χ1) is 10.4. The van der Waals surface area contributed by atoms with Crippen LogP contribution in [-0.4, -0.2) is 24.7 Å². The highest BCUT2D eigenvalue weighted by Crippen LogP contribution is 2.34. The number of hydrogen-bond donors (Lipinski definition) is 2. The zero-order valence-electron chi connectivity index (χ0n) is 14.1. The number of hydrogen-bond acceptors (Lipinski definition) is 2. The van der Waals surface area contributed by atoms with Crippen LogP contribution in [0.15, 0.2) is 0 Å². The summed E-state index contributed by atoms with van der Waals surface area (Å²) in [5.74, 6) is 1.95. The molecule has 1 heterocycles. The highest BCUT2D eigenvalue weighted by Gasteiger charge is 2.35. The number of nitrogens with one attached hydrogen (secondary N) is 2. The van der Waals surface area contributed by atoms with Gasteiger partial charge in [0, 0.05) is 18.1 Å². The Bertz CT molecular complexity index is 290. The molecule has 0 aromatic carbocycles. The van der Waals surface area contributed by atoms with Crippen LogP contribution in [0, 0.1) is 11.8 Å². The predicted octanol–water partition coefficient (Wildman–Crippen LogP) is 4.25. The van der Waals surface area contributed by atoms with E-state index in [-0.39, 0.29) is 0 Å². The molecule has 1 saturated heterocycles. The second kappa shape index (κ2) is 7.97. The minimum atomic E-state index is 0.813. The van der Waals surface area contributed by atoms with Crippen LogP contribution in [0.25, 0.3) is 0 Å². The summed E-state index contributed by atoms with van der Waals surface area (Å²) in [6.45, 7) is 3.60. The van der Waals surface area contributed by atoms with Gasteiger partial charge in [0.15, 0.2) is 0 Å². The normalized spacial score (nSPS) is 41.3. The van der Waals surface area contributed by atoms with Gasteiger partial charge in [-0.05, 0) is 69.7 Å². The fraction of sp³-hybridized carbons (Fsp3) is 1.00. The smallest absolute Gasteiger partial charge is 0.0113 e. The molecular weight excluding hydrogens is 256 g/mol. The van der Waals surface area contributed by atoms with Gasteiger partial charge in [-0.1, -0.05) is 32.6 Å². The van der Waals surface area contributed by atoms with E-state index >= 15 is 0 Å². The molecule has 3 rings (SSSR count). The Hall–Kier alpha value is -0.0800. The lowest BCUT2D eigenvalue weighted by Gasteiger charge is -2.37. The van der Waals surface area contributed by atoms with Gasteiger partial charge < -0.3 is 10.6 Å². The summed E-state index contributed by atoms with van der Waals surface area (Å²) >= 11 is 0. The Kier molecular flexibility index (Phi) is 5.99. The number of piperidine rings is 1. The second-order valence-electron chi connectivity index (χ2n) is 7.93. The van der Waals surface area contributed by atoms with Crippen LogP contribution in [0.5, 0.6) is 0 Å². The van der Waals surface area contributed by atoms with E-state index in [1.165, 1.54) is 83.6 Å². The fourth-order valence-electron chi connectivity index (χ4n) is 5.25. The average Bonchev–Trinajstić information content (AvgIpc) is 2.98. The second-order valence-corrected chi connectivity index (χ2v) is 7.93. The lowest BCUT2D eigenvalue weighted by atomic mass is 9.82. The summed E-state index contributed by atoms with van der Waals surface area (Å²) in [5.41, 5.74) is 0. The Morgan fingerprint density at radius 1 is 0.905 bits per heavy atom. The third kappa shape index (κ3) is 4.22. The molecule has 21 heavy (non-hydrogen) atoms. The maximum absolute atomic E-state index is 4.09. The van der Waals surface area contributed by atoms with Crippen LogP contribution in [0.2, 0.25) is 0 Å². The van der Waals surface area contributed by atoms with Crippen LogP contribution in [-0.2, 0) is 0 Å². The Morgan fingerprint density at radius 2 is 1.76 bits per heavy atom. The molecular formula is C19H36N2. The number of rotatable bonds is 5. The highest BCUT2D eigenvalue weighted by atomic mass is 15.0. The molecule has 0 bridgehead atoms. The van der Waals surface area contributed by atoms with E-state index in [0.717, 1.165) is 30.0 Å². The van der Waals surface area contributed by atoms with Crippen molar-refractivity contribution in [3.8, 4) is 0 Å². The fourth-order valence-corrected chi connectivity index (χ4v) is 5.25. The minimum absolute atomic E-state index is 0.813. The lowest BCUT2D eigenvalue weighted by Crippen LogP contribution is -2.49. The van der Waals surface area contributed by atoms with Crippen molar-refractivity contribution in [2.45, 2.75) is 102 Å². The Balaban J connectivity index is 1.45. The SMILES string of the molecule is CCCC1CCC(NC2CCCC2C2CCCCN2)CC1. The van der Waals surface area contributed by atoms with Crippen molar-refractivity contribution in [2.24, 2.45) is 11.8 Å². The Labute approximate surface area is 131 Å². The maximum atomic E-state index is 4.09. The first kappa shape index (κ1) is 15.8. The summed E-state index contributed by atoms with van der Waals surface area (Å²) in [5, 5.41) is 7.90. The van der Waals surface area contributed by atoms with Crippen LogP contribution in [0.1, 0.15) is 84.0 Å². The summed E-state index contributed by atoms with van der Waals surface area (Å²) < 4.78 is 0. The largest absolute Gasteiger partial charge is 0.314 e. The third-order valence-corrected chi connectivity index (χ3v) is 6.43. The monoisotopic (exact) mass is 292 g/mol. The Morgan fingerprint density at radius 3 is 2.48 bits per heavy atom. The zero-order valence-corrected chi connectivity index (χ0v) is 14.1. The molecule has 2 aliphatic carbocycles. The van der Waals surface area contributed by atoms with E-state index in [9.17, 15) is 0 Å². The van der Waals surface area contributed by atoms with E-state index in [4.69, 9.17) is 0 Å². The van der Waals surface area contributed by atoms with Crippen molar-refractivity contribution < 1.29 is 0 Å². The third-order valence-electron chi connectivity index (χ3n) is 6.43. The maximum Gasteiger partial charge on any atom is 0.0113 e. The van der Waals surface area contributed by atoms with Crippen molar-refractivity contribution in [3.05, 3.63) is 0 Å². The van der Waals surface area contributed by atoms with E-state index < -0.39 is 0 Å². The van der Waals surface area contributed by atoms with Crippen molar-refractivity contribution >= 4 is 0 Å². The van der Waals surface area contributed by atoms with Gasteiger partial charge in [-0.3, -0.25) is 0 Å². The highest BCUT2D eigenvalue weighted by molar-refractivity contribution is 4.94. The lowest BCUT2D eigenvalue weighted by molar-refractivity contribution is 0.214. The van der Waals surface area contributed by atoms with E-state index in [0.29, 0.717) is 0 Å². The molecule has 0 aromatic heterocycles. The molecule has 0 amide bonds. The molecule has 2 heteroatoms. The molecule has 1 aliphatic heterocycles. The topological polar surface area (TPSA) is 24.1 Å². The van der Waals surface area contributed by atoms with Crippen LogP contribution >= 0.6 is 0 Å². The molecule has 2 N–H and O–H groups in total. The molecule has 3 aliphatic rings. The quantitative estimate of drug-likeness (QED) is 0.792. The van der Waals surface area contributed by atoms with E-state index in [1.54, 1.807) is 0 Å². The molecule has 0 aromatic rings. The summed E-state index contributed by atoms with van der Waals surface area (Å²) in [6.07, 6.45) is 17.3. The first-order valence-electron chi connectivity index (χ1n) is 9.86. The van der Waals surface area contributed by atoms with Gasteiger partial charge in [-0.25, -0.2) is 0 Å². The molecule has 3 atom stereocenters. The zero-order chi connectivity index (χ0) is 14.5. The van der Waals surface area contributed by atoms with Crippen molar-refractivity contribution in [3.63, 3.8) is 0 Å². The molecule has 2 nitrogen and oxygen atoms in total. The standard InChI is InChI=1S/C19H36N2/c1-2-6-15-10-12-16(13-11-15)21-19-9-5-7-17(19)18-8-3-4-14-20-18/h15-21H,2-14H2,1H3. The molecule has 0 spiro atoms. The van der Waals surface area contributed by atoms with Gasteiger partial charge in [-0.2, -0.15) is 0 Å². The molecule has 2 saturated carbocycles.